The lowest BCUT2D eigenvalue weighted by Crippen LogP contribution is -2.38. The number of carbonyl (C=O) groups is 1. The number of nitrogens with zero attached hydrogens (tertiary/aromatic N) is 1. The molecule has 2 rings (SSSR count). The third kappa shape index (κ3) is 2.67. The van der Waals surface area contributed by atoms with E-state index in [1.54, 1.807) is 18.1 Å². The van der Waals surface area contributed by atoms with Crippen molar-refractivity contribution in [2.24, 2.45) is 0 Å². The first-order chi connectivity index (χ1) is 8.63. The van der Waals surface area contributed by atoms with Crippen molar-refractivity contribution in [1.82, 2.24) is 10.2 Å². The summed E-state index contributed by atoms with van der Waals surface area (Å²) in [6.07, 6.45) is 1.00. The van der Waals surface area contributed by atoms with Crippen molar-refractivity contribution < 1.29 is 9.53 Å². The van der Waals surface area contributed by atoms with Gasteiger partial charge in [-0.15, -0.1) is 0 Å². The molecule has 1 amide bonds. The predicted molar refractivity (Wildman–Crippen MR) is 74.1 cm³/mol. The van der Waals surface area contributed by atoms with Crippen LogP contribution >= 0.6 is 15.9 Å². The molecule has 1 aromatic carbocycles. The monoisotopic (exact) mass is 312 g/mol. The Morgan fingerprint density at radius 1 is 1.56 bits per heavy atom. The molecule has 4 nitrogen and oxygen atoms in total. The summed E-state index contributed by atoms with van der Waals surface area (Å²) in [5.74, 6) is 0.611. The lowest BCUT2D eigenvalue weighted by molar-refractivity contribution is 0.0740. The van der Waals surface area contributed by atoms with Crippen molar-refractivity contribution in [1.29, 1.82) is 0 Å². The number of hydrogen-bond acceptors (Lipinski definition) is 3. The fourth-order valence-corrected chi connectivity index (χ4v) is 2.51. The highest BCUT2D eigenvalue weighted by Crippen LogP contribution is 2.25. The fourth-order valence-electron chi connectivity index (χ4n) is 2.17. The molecule has 0 radical (unpaired) electrons. The van der Waals surface area contributed by atoms with Gasteiger partial charge in [-0.25, -0.2) is 0 Å². The quantitative estimate of drug-likeness (QED) is 0.926. The number of hydrogen-bond donors (Lipinski definition) is 1. The van der Waals surface area contributed by atoms with Gasteiger partial charge in [-0.3, -0.25) is 4.79 Å². The van der Waals surface area contributed by atoms with Crippen molar-refractivity contribution in [3.63, 3.8) is 0 Å². The summed E-state index contributed by atoms with van der Waals surface area (Å²) < 4.78 is 6.17. The van der Waals surface area contributed by atoms with Crippen molar-refractivity contribution in [3.05, 3.63) is 28.2 Å². The summed E-state index contributed by atoms with van der Waals surface area (Å²) in [6.45, 7) is 1.83. The Morgan fingerprint density at radius 2 is 2.33 bits per heavy atom. The molecule has 0 saturated carbocycles. The van der Waals surface area contributed by atoms with E-state index >= 15 is 0 Å². The molecule has 18 heavy (non-hydrogen) atoms. The van der Waals surface area contributed by atoms with E-state index in [0.717, 1.165) is 24.0 Å². The Bertz CT molecular complexity index is 445. The number of benzene rings is 1. The van der Waals surface area contributed by atoms with E-state index < -0.39 is 0 Å². The van der Waals surface area contributed by atoms with Crippen LogP contribution in [0.2, 0.25) is 0 Å². The summed E-state index contributed by atoms with van der Waals surface area (Å²) >= 11 is 3.37. The summed E-state index contributed by atoms with van der Waals surface area (Å²) in [5, 5.41) is 3.26. The van der Waals surface area contributed by atoms with Gasteiger partial charge in [0, 0.05) is 24.1 Å². The second-order valence-corrected chi connectivity index (χ2v) is 5.32. The van der Waals surface area contributed by atoms with Crippen molar-refractivity contribution in [3.8, 4) is 5.75 Å². The van der Waals surface area contributed by atoms with Gasteiger partial charge in [-0.2, -0.15) is 0 Å². The lowest BCUT2D eigenvalue weighted by atomic mass is 10.1. The number of halogens is 1. The molecule has 1 N–H and O–H groups in total. The molecule has 1 aliphatic rings. The van der Waals surface area contributed by atoms with Crippen LogP contribution in [0.15, 0.2) is 22.7 Å². The van der Waals surface area contributed by atoms with Crippen LogP contribution in [-0.4, -0.2) is 44.1 Å². The van der Waals surface area contributed by atoms with E-state index in [0.29, 0.717) is 11.3 Å². The van der Waals surface area contributed by atoms with Crippen LogP contribution in [0, 0.1) is 0 Å². The van der Waals surface area contributed by atoms with Gasteiger partial charge in [-0.05, 0) is 31.2 Å². The second kappa shape index (κ2) is 5.71. The number of rotatable bonds is 3. The average Bonchev–Trinajstić information content (AvgIpc) is 2.90. The summed E-state index contributed by atoms with van der Waals surface area (Å²) in [6, 6.07) is 5.74. The molecular weight excluding hydrogens is 296 g/mol. The Kier molecular flexibility index (Phi) is 4.24. The standard InChI is InChI=1S/C13H17BrN2O2/c1-16(10-5-6-15-8-10)13(17)11-4-3-9(14)7-12(11)18-2/h3-4,7,10,15H,5-6,8H2,1-2H3/t10-/m0/s1. The Balaban J connectivity index is 2.22. The van der Waals surface area contributed by atoms with Gasteiger partial charge in [0.15, 0.2) is 0 Å². The number of carbonyl (C=O) groups excluding carboxylic acids is 1. The Labute approximate surface area is 115 Å². The number of likely N-dealkylation sites (N-methyl/N-ethyl adjacent to an activating group) is 1. The molecule has 5 heteroatoms. The molecule has 1 aromatic rings. The number of methoxy groups -OCH3 is 1. The van der Waals surface area contributed by atoms with E-state index in [1.807, 2.05) is 19.2 Å². The van der Waals surface area contributed by atoms with Gasteiger partial charge < -0.3 is 15.0 Å². The molecule has 1 aliphatic heterocycles. The maximum atomic E-state index is 12.4. The van der Waals surface area contributed by atoms with Gasteiger partial charge in [0.25, 0.3) is 5.91 Å². The zero-order valence-electron chi connectivity index (χ0n) is 10.6. The minimum absolute atomic E-state index is 0.00745. The molecule has 1 heterocycles. The van der Waals surface area contributed by atoms with Gasteiger partial charge >= 0.3 is 0 Å². The van der Waals surface area contributed by atoms with Crippen molar-refractivity contribution in [2.75, 3.05) is 27.2 Å². The molecule has 0 aromatic heterocycles. The zero-order valence-corrected chi connectivity index (χ0v) is 12.2. The number of nitrogens with one attached hydrogen (secondary N) is 1. The minimum atomic E-state index is 0.00745. The smallest absolute Gasteiger partial charge is 0.257 e. The highest BCUT2D eigenvalue weighted by atomic mass is 79.9. The molecule has 0 aliphatic carbocycles. The minimum Gasteiger partial charge on any atom is -0.496 e. The third-order valence-corrected chi connectivity index (χ3v) is 3.79. The number of amides is 1. The van der Waals surface area contributed by atoms with E-state index in [4.69, 9.17) is 4.74 Å². The largest absolute Gasteiger partial charge is 0.496 e. The first kappa shape index (κ1) is 13.4. The lowest BCUT2D eigenvalue weighted by Gasteiger charge is -2.24. The van der Waals surface area contributed by atoms with Crippen LogP contribution in [0.5, 0.6) is 5.75 Å². The molecule has 0 spiro atoms. The average molecular weight is 313 g/mol. The van der Waals surface area contributed by atoms with Crippen LogP contribution in [0.4, 0.5) is 0 Å². The highest BCUT2D eigenvalue weighted by Gasteiger charge is 2.25. The van der Waals surface area contributed by atoms with Crippen LogP contribution in [0.1, 0.15) is 16.8 Å². The van der Waals surface area contributed by atoms with Gasteiger partial charge in [0.2, 0.25) is 0 Å². The summed E-state index contributed by atoms with van der Waals surface area (Å²) in [4.78, 5) is 14.2. The second-order valence-electron chi connectivity index (χ2n) is 4.41. The van der Waals surface area contributed by atoms with Crippen LogP contribution < -0.4 is 10.1 Å². The van der Waals surface area contributed by atoms with E-state index in [9.17, 15) is 4.79 Å². The first-order valence-corrected chi connectivity index (χ1v) is 6.74. The first-order valence-electron chi connectivity index (χ1n) is 5.95. The Morgan fingerprint density at radius 3 is 2.94 bits per heavy atom. The van der Waals surface area contributed by atoms with Crippen LogP contribution in [-0.2, 0) is 0 Å². The normalized spacial score (nSPS) is 18.7. The molecule has 1 atom stereocenters. The Hall–Kier alpha value is -1.07. The van der Waals surface area contributed by atoms with Gasteiger partial charge in [-0.1, -0.05) is 15.9 Å². The molecule has 98 valence electrons. The van der Waals surface area contributed by atoms with Crippen LogP contribution in [0.3, 0.4) is 0 Å². The molecule has 0 bridgehead atoms. The zero-order chi connectivity index (χ0) is 13.1. The van der Waals surface area contributed by atoms with Gasteiger partial charge in [0.1, 0.15) is 5.75 Å². The predicted octanol–water partition coefficient (Wildman–Crippen LogP) is 1.89. The summed E-state index contributed by atoms with van der Waals surface area (Å²) in [7, 11) is 3.43. The SMILES string of the molecule is COc1cc(Br)ccc1C(=O)N(C)[C@H]1CCNC1. The van der Waals surface area contributed by atoms with E-state index in [1.165, 1.54) is 0 Å². The maximum Gasteiger partial charge on any atom is 0.257 e. The summed E-state index contributed by atoms with van der Waals surface area (Å²) in [5.41, 5.74) is 0.607. The van der Waals surface area contributed by atoms with E-state index in [2.05, 4.69) is 21.2 Å². The van der Waals surface area contributed by atoms with E-state index in [-0.39, 0.29) is 11.9 Å². The third-order valence-electron chi connectivity index (χ3n) is 3.30. The number of ether oxygens (including phenoxy) is 1. The highest BCUT2D eigenvalue weighted by molar-refractivity contribution is 9.10. The molecule has 0 unspecified atom stereocenters. The maximum absolute atomic E-state index is 12.4. The van der Waals surface area contributed by atoms with Crippen molar-refractivity contribution in [2.45, 2.75) is 12.5 Å². The van der Waals surface area contributed by atoms with Gasteiger partial charge in [0.05, 0.1) is 12.7 Å². The topological polar surface area (TPSA) is 41.6 Å². The fraction of sp³-hybridized carbons (Fsp3) is 0.462. The van der Waals surface area contributed by atoms with Crippen molar-refractivity contribution >= 4 is 21.8 Å². The van der Waals surface area contributed by atoms with Crippen LogP contribution in [0.25, 0.3) is 0 Å². The molecular formula is C13H17BrN2O2. The molecule has 1 fully saturated rings. The molecule has 1 saturated heterocycles.